The van der Waals surface area contributed by atoms with Crippen molar-refractivity contribution >= 4 is 17.7 Å². The molecule has 1 aromatic carbocycles. The van der Waals surface area contributed by atoms with E-state index in [2.05, 4.69) is 9.97 Å². The zero-order valence-corrected chi connectivity index (χ0v) is 13.5. The number of aromatic nitrogens is 2. The average Bonchev–Trinajstić information content (AvgIpc) is 3.38. The lowest BCUT2D eigenvalue weighted by molar-refractivity contribution is 0.0217. The fraction of sp³-hybridized carbons (Fsp3) is 0.353. The maximum atomic E-state index is 12.6. The summed E-state index contributed by atoms with van der Waals surface area (Å²) in [6.45, 7) is 1.92. The van der Waals surface area contributed by atoms with E-state index in [1.807, 2.05) is 31.4 Å². The highest BCUT2D eigenvalue weighted by Crippen LogP contribution is 2.42. The van der Waals surface area contributed by atoms with E-state index in [1.54, 1.807) is 30.2 Å². The van der Waals surface area contributed by atoms with Gasteiger partial charge in [0.05, 0.1) is 5.56 Å². The van der Waals surface area contributed by atoms with E-state index in [-0.39, 0.29) is 12.1 Å². The maximum absolute atomic E-state index is 12.6. The van der Waals surface area contributed by atoms with Crippen LogP contribution in [0.15, 0.2) is 41.6 Å². The second-order valence-electron chi connectivity index (χ2n) is 5.45. The Hall–Kier alpha value is -1.88. The van der Waals surface area contributed by atoms with Crippen molar-refractivity contribution in [2.45, 2.75) is 30.8 Å². The van der Waals surface area contributed by atoms with Crippen LogP contribution in [0.5, 0.6) is 0 Å². The lowest BCUT2D eigenvalue weighted by atomic mass is 10.1. The molecule has 4 nitrogen and oxygen atoms in total. The predicted octanol–water partition coefficient (Wildman–Crippen LogP) is 3.82. The standard InChI is InChI=1S/C17H18N2O2S/c1-11-4-7-13(22-2)10-14(11)17(20)21-15(12-5-6-12)16-18-8-3-9-19-16/h3-4,7-10,12,15H,5-6H2,1-2H3/t15-/m0/s1. The van der Waals surface area contributed by atoms with Crippen molar-refractivity contribution in [1.29, 1.82) is 0 Å². The summed E-state index contributed by atoms with van der Waals surface area (Å²) in [5.41, 5.74) is 1.54. The van der Waals surface area contributed by atoms with Crippen LogP contribution in [-0.4, -0.2) is 22.2 Å². The molecule has 114 valence electrons. The fourth-order valence-electron chi connectivity index (χ4n) is 2.34. The summed E-state index contributed by atoms with van der Waals surface area (Å²) in [7, 11) is 0. The van der Waals surface area contributed by atoms with Gasteiger partial charge in [0, 0.05) is 23.2 Å². The summed E-state index contributed by atoms with van der Waals surface area (Å²) in [5.74, 6) is 0.644. The molecule has 3 rings (SSSR count). The molecule has 2 aromatic rings. The van der Waals surface area contributed by atoms with Crippen LogP contribution in [0.3, 0.4) is 0 Å². The Morgan fingerprint density at radius 2 is 2.05 bits per heavy atom. The molecule has 0 aliphatic heterocycles. The van der Waals surface area contributed by atoms with E-state index in [0.717, 1.165) is 23.3 Å². The molecule has 1 heterocycles. The molecule has 1 aliphatic carbocycles. The number of esters is 1. The van der Waals surface area contributed by atoms with Gasteiger partial charge in [-0.2, -0.15) is 0 Å². The summed E-state index contributed by atoms with van der Waals surface area (Å²) >= 11 is 1.61. The first-order chi connectivity index (χ1) is 10.7. The van der Waals surface area contributed by atoms with Crippen LogP contribution < -0.4 is 0 Å². The highest BCUT2D eigenvalue weighted by Gasteiger charge is 2.37. The van der Waals surface area contributed by atoms with Gasteiger partial charge in [0.2, 0.25) is 0 Å². The molecule has 22 heavy (non-hydrogen) atoms. The monoisotopic (exact) mass is 314 g/mol. The molecular weight excluding hydrogens is 296 g/mol. The quantitative estimate of drug-likeness (QED) is 0.620. The second kappa shape index (κ2) is 6.48. The van der Waals surface area contributed by atoms with Gasteiger partial charge in [-0.05, 0) is 49.8 Å². The first-order valence-electron chi connectivity index (χ1n) is 7.31. The summed E-state index contributed by atoms with van der Waals surface area (Å²) in [6, 6.07) is 7.61. The highest BCUT2D eigenvalue weighted by molar-refractivity contribution is 7.98. The third kappa shape index (κ3) is 3.30. The molecule has 1 aliphatic rings. The Morgan fingerprint density at radius 1 is 1.32 bits per heavy atom. The van der Waals surface area contributed by atoms with Crippen molar-refractivity contribution in [3.8, 4) is 0 Å². The number of carbonyl (C=O) groups is 1. The number of ether oxygens (including phenoxy) is 1. The number of carbonyl (C=O) groups excluding carboxylic acids is 1. The van der Waals surface area contributed by atoms with Crippen molar-refractivity contribution in [2.75, 3.05) is 6.26 Å². The minimum Gasteiger partial charge on any atom is -0.450 e. The summed E-state index contributed by atoms with van der Waals surface area (Å²) in [6.07, 6.45) is 7.13. The Balaban J connectivity index is 1.83. The van der Waals surface area contributed by atoms with Crippen LogP contribution in [0, 0.1) is 12.8 Å². The van der Waals surface area contributed by atoms with Crippen molar-refractivity contribution in [2.24, 2.45) is 5.92 Å². The molecule has 1 aromatic heterocycles. The highest BCUT2D eigenvalue weighted by atomic mass is 32.2. The average molecular weight is 314 g/mol. The summed E-state index contributed by atoms with van der Waals surface area (Å²) in [4.78, 5) is 22.1. The van der Waals surface area contributed by atoms with Crippen molar-refractivity contribution < 1.29 is 9.53 Å². The number of hydrogen-bond donors (Lipinski definition) is 0. The van der Waals surface area contributed by atoms with E-state index in [4.69, 9.17) is 4.74 Å². The minimum absolute atomic E-state index is 0.294. The molecule has 0 N–H and O–H groups in total. The minimum atomic E-state index is -0.342. The summed E-state index contributed by atoms with van der Waals surface area (Å²) in [5, 5.41) is 0. The van der Waals surface area contributed by atoms with Crippen molar-refractivity contribution in [3.05, 3.63) is 53.6 Å². The smallest absolute Gasteiger partial charge is 0.339 e. The zero-order valence-electron chi connectivity index (χ0n) is 12.7. The zero-order chi connectivity index (χ0) is 15.5. The van der Waals surface area contributed by atoms with Gasteiger partial charge in [-0.1, -0.05) is 6.07 Å². The van der Waals surface area contributed by atoms with E-state index >= 15 is 0 Å². The number of nitrogens with zero attached hydrogens (tertiary/aromatic N) is 2. The molecule has 0 spiro atoms. The van der Waals surface area contributed by atoms with E-state index < -0.39 is 0 Å². The van der Waals surface area contributed by atoms with Crippen molar-refractivity contribution in [3.63, 3.8) is 0 Å². The SMILES string of the molecule is CSc1ccc(C)c(C(=O)O[C@H](c2ncccn2)C2CC2)c1. The number of hydrogen-bond acceptors (Lipinski definition) is 5. The van der Waals surface area contributed by atoms with Crippen LogP contribution in [-0.2, 0) is 4.74 Å². The largest absolute Gasteiger partial charge is 0.450 e. The van der Waals surface area contributed by atoms with Gasteiger partial charge in [0.1, 0.15) is 0 Å². The predicted molar refractivity (Wildman–Crippen MR) is 85.9 cm³/mol. The number of aryl methyl sites for hydroxylation is 1. The Labute approximate surface area is 134 Å². The second-order valence-corrected chi connectivity index (χ2v) is 6.33. The van der Waals surface area contributed by atoms with Crippen LogP contribution in [0.2, 0.25) is 0 Å². The number of benzene rings is 1. The van der Waals surface area contributed by atoms with Gasteiger partial charge in [-0.3, -0.25) is 0 Å². The molecule has 0 bridgehead atoms. The maximum Gasteiger partial charge on any atom is 0.339 e. The van der Waals surface area contributed by atoms with E-state index in [9.17, 15) is 4.79 Å². The molecule has 0 amide bonds. The fourth-order valence-corrected chi connectivity index (χ4v) is 2.78. The van der Waals surface area contributed by atoms with Crippen molar-refractivity contribution in [1.82, 2.24) is 9.97 Å². The van der Waals surface area contributed by atoms with Gasteiger partial charge < -0.3 is 4.74 Å². The van der Waals surface area contributed by atoms with Crippen LogP contribution in [0.25, 0.3) is 0 Å². The normalized spacial score (nSPS) is 15.4. The van der Waals surface area contributed by atoms with Crippen LogP contribution in [0.1, 0.15) is 40.7 Å². The molecule has 1 fully saturated rings. The van der Waals surface area contributed by atoms with E-state index in [0.29, 0.717) is 17.3 Å². The van der Waals surface area contributed by atoms with Crippen LogP contribution in [0.4, 0.5) is 0 Å². The molecule has 5 heteroatoms. The first-order valence-corrected chi connectivity index (χ1v) is 8.54. The molecule has 0 saturated heterocycles. The lowest BCUT2D eigenvalue weighted by Gasteiger charge is -2.17. The Morgan fingerprint density at radius 3 is 2.68 bits per heavy atom. The topological polar surface area (TPSA) is 52.1 Å². The Bertz CT molecular complexity index is 672. The first kappa shape index (κ1) is 15.0. The molecular formula is C17H18N2O2S. The Kier molecular flexibility index (Phi) is 4.43. The third-order valence-electron chi connectivity index (χ3n) is 3.79. The molecule has 1 saturated carbocycles. The summed E-state index contributed by atoms with van der Waals surface area (Å²) < 4.78 is 5.75. The molecule has 0 radical (unpaired) electrons. The van der Waals surface area contributed by atoms with Gasteiger partial charge in [0.15, 0.2) is 11.9 Å². The molecule has 0 unspecified atom stereocenters. The van der Waals surface area contributed by atoms with Gasteiger partial charge >= 0.3 is 5.97 Å². The van der Waals surface area contributed by atoms with Crippen LogP contribution >= 0.6 is 11.8 Å². The molecule has 1 atom stereocenters. The van der Waals surface area contributed by atoms with E-state index in [1.165, 1.54) is 0 Å². The van der Waals surface area contributed by atoms with Gasteiger partial charge in [0.25, 0.3) is 0 Å². The third-order valence-corrected chi connectivity index (χ3v) is 4.51. The number of thioether (sulfide) groups is 1. The van der Waals surface area contributed by atoms with Gasteiger partial charge in [-0.25, -0.2) is 14.8 Å². The van der Waals surface area contributed by atoms with Gasteiger partial charge in [-0.15, -0.1) is 11.8 Å². The number of rotatable bonds is 5. The lowest BCUT2D eigenvalue weighted by Crippen LogP contribution is -2.16.